The fourth-order valence-corrected chi connectivity index (χ4v) is 15.5. The number of para-hydroxylation sites is 6. The van der Waals surface area contributed by atoms with Crippen LogP contribution in [-0.4, -0.2) is 20.1 Å². The van der Waals surface area contributed by atoms with Crippen molar-refractivity contribution in [1.82, 2.24) is 0 Å². The first-order valence-electron chi connectivity index (χ1n) is 30.9. The van der Waals surface area contributed by atoms with E-state index in [0.717, 1.165) is 101 Å². The summed E-state index contributed by atoms with van der Waals surface area (Å²) in [6, 6.07) is 90.9. The van der Waals surface area contributed by atoms with Crippen molar-refractivity contribution in [2.24, 2.45) is 0 Å². The minimum absolute atomic E-state index is 0.232. The molecule has 438 valence electrons. The molecule has 6 heterocycles. The van der Waals surface area contributed by atoms with Crippen LogP contribution in [0.15, 0.2) is 273 Å². The Labute approximate surface area is 532 Å². The topological polar surface area (TPSA) is 34.7 Å². The molecule has 0 saturated heterocycles. The van der Waals surface area contributed by atoms with Gasteiger partial charge >= 0.3 is 0 Å². The van der Waals surface area contributed by atoms with Gasteiger partial charge in [-0.05, 0) is 164 Å². The summed E-state index contributed by atoms with van der Waals surface area (Å²) in [5.74, 6) is -7.61. The molecule has 19 rings (SSSR count). The minimum atomic E-state index is -2.24. The summed E-state index contributed by atoms with van der Waals surface area (Å²) in [7, 11) is 0. The van der Waals surface area contributed by atoms with Crippen LogP contribution in [0.1, 0.15) is 0 Å². The fourth-order valence-electron chi connectivity index (χ4n) is 15.5. The van der Waals surface area contributed by atoms with Crippen molar-refractivity contribution in [1.29, 1.82) is 0 Å². The number of anilines is 15. The highest BCUT2D eigenvalue weighted by Gasteiger charge is 2.56. The summed E-state index contributed by atoms with van der Waals surface area (Å²) in [6.07, 6.45) is 0. The number of rotatable bonds is 10. The predicted molar refractivity (Wildman–Crippen MR) is 367 cm³/mol. The first-order valence-corrected chi connectivity index (χ1v) is 30.9. The molecule has 15 heteroatoms. The molecule has 0 spiro atoms. The van der Waals surface area contributed by atoms with E-state index < -0.39 is 48.2 Å². The van der Waals surface area contributed by atoms with Gasteiger partial charge in [0.25, 0.3) is 20.1 Å². The average molecular weight is 1210 g/mol. The van der Waals surface area contributed by atoms with Crippen LogP contribution in [0.25, 0.3) is 0 Å². The van der Waals surface area contributed by atoms with E-state index in [0.29, 0.717) is 39.6 Å². The van der Waals surface area contributed by atoms with Crippen LogP contribution in [-0.2, 0) is 0 Å². The molecule has 0 atom stereocenters. The highest BCUT2D eigenvalue weighted by molar-refractivity contribution is 7.07. The number of ether oxygens (including phenoxy) is 2. The number of hydrogen-bond acceptors (Lipinski definition) is 7. The molecule has 0 radical (unpaired) electrons. The molecule has 6 aliphatic rings. The Balaban J connectivity index is 0.882. The third-order valence-electron chi connectivity index (χ3n) is 19.2. The Morgan fingerprint density at radius 1 is 0.237 bits per heavy atom. The zero-order valence-electron chi connectivity index (χ0n) is 49.2. The maximum atomic E-state index is 17.3. The molecule has 0 unspecified atom stereocenters. The van der Waals surface area contributed by atoms with E-state index >= 15 is 22.0 Å². The lowest BCUT2D eigenvalue weighted by molar-refractivity contribution is 0.380. The lowest BCUT2D eigenvalue weighted by Gasteiger charge is -2.52. The Kier molecular flexibility index (Phi) is 11.5. The Morgan fingerprint density at radius 2 is 0.548 bits per heavy atom. The van der Waals surface area contributed by atoms with Gasteiger partial charge in [-0.15, -0.1) is 0 Å². The molecule has 93 heavy (non-hydrogen) atoms. The molecule has 0 aromatic heterocycles. The van der Waals surface area contributed by atoms with E-state index in [9.17, 15) is 0 Å². The van der Waals surface area contributed by atoms with Gasteiger partial charge in [0, 0.05) is 91.8 Å². The lowest BCUT2D eigenvalue weighted by atomic mass is 9.25. The molecule has 6 aliphatic heterocycles. The fraction of sp³-hybridized carbons (Fsp3) is 0. The summed E-state index contributed by atoms with van der Waals surface area (Å²) in [6.45, 7) is -1.53. The maximum absolute atomic E-state index is 17.3. The van der Waals surface area contributed by atoms with E-state index in [1.807, 2.05) is 163 Å². The Morgan fingerprint density at radius 3 is 0.935 bits per heavy atom. The van der Waals surface area contributed by atoms with Crippen LogP contribution < -0.4 is 83.1 Å². The zero-order valence-corrected chi connectivity index (χ0v) is 49.2. The van der Waals surface area contributed by atoms with Gasteiger partial charge in [-0.1, -0.05) is 146 Å². The van der Waals surface area contributed by atoms with Gasteiger partial charge in [0.2, 0.25) is 5.82 Å². The standard InChI is InChI=1S/C78H45B3F5N5O2/c82-70-71(83)73(85)78(74(86)72(70)84)90-61-40-37-58-75-67(61)79(55-34-31-52(43-62(55)90)87(46-19-7-1-8-20-46)47-21-9-2-10-22-47)59-38-41-63-68-76(59)91(75)77-60(81(68)57-36-33-54(45-66(57)92-63)89(50-27-15-5-16-28-50)51-29-17-6-18-30-51)39-42-64-69(77)80(58)56-35-32-53(44-65(56)93-64)88(48-23-11-3-12-24-48)49-25-13-4-14-26-49/h1-45H. The first-order chi connectivity index (χ1) is 45.8. The monoisotopic (exact) mass is 1210 g/mol. The molecular formula is C78H45B3F5N5O2. The van der Waals surface area contributed by atoms with E-state index in [-0.39, 0.29) is 18.1 Å². The molecule has 7 nitrogen and oxygen atoms in total. The second-order valence-electron chi connectivity index (χ2n) is 24.1. The normalized spacial score (nSPS) is 13.3. The first kappa shape index (κ1) is 53.2. The highest BCUT2D eigenvalue weighted by atomic mass is 19.2. The third-order valence-corrected chi connectivity index (χ3v) is 19.2. The zero-order chi connectivity index (χ0) is 61.9. The van der Waals surface area contributed by atoms with E-state index in [1.165, 1.54) is 4.90 Å². The molecular weight excluding hydrogens is 1170 g/mol. The smallest absolute Gasteiger partial charge is 0.256 e. The van der Waals surface area contributed by atoms with Gasteiger partial charge < -0.3 is 34.0 Å². The maximum Gasteiger partial charge on any atom is 0.256 e. The average Bonchev–Trinajstić information content (AvgIpc) is 0.658. The van der Waals surface area contributed by atoms with Crippen LogP contribution >= 0.6 is 0 Å². The number of halogens is 5. The summed E-state index contributed by atoms with van der Waals surface area (Å²) in [5, 5.41) is 0. The second-order valence-corrected chi connectivity index (χ2v) is 24.1. The molecule has 0 bridgehead atoms. The van der Waals surface area contributed by atoms with Crippen LogP contribution in [0.5, 0.6) is 23.0 Å². The van der Waals surface area contributed by atoms with Crippen LogP contribution in [0.2, 0.25) is 0 Å². The van der Waals surface area contributed by atoms with Crippen molar-refractivity contribution in [3.8, 4) is 23.0 Å². The molecule has 0 saturated carbocycles. The van der Waals surface area contributed by atoms with Crippen molar-refractivity contribution >= 4 is 155 Å². The van der Waals surface area contributed by atoms with Crippen molar-refractivity contribution in [2.75, 3.05) is 24.5 Å². The van der Waals surface area contributed by atoms with Gasteiger partial charge in [0.15, 0.2) is 23.3 Å². The van der Waals surface area contributed by atoms with Gasteiger partial charge in [0.1, 0.15) is 28.7 Å². The van der Waals surface area contributed by atoms with E-state index in [4.69, 9.17) is 9.47 Å². The predicted octanol–water partition coefficient (Wildman–Crippen LogP) is 14.7. The third kappa shape index (κ3) is 7.61. The number of benzene rings is 13. The lowest BCUT2D eigenvalue weighted by Crippen LogP contribution is -2.73. The van der Waals surface area contributed by atoms with Crippen LogP contribution in [0.4, 0.5) is 107 Å². The largest absolute Gasteiger partial charge is 0.458 e. The van der Waals surface area contributed by atoms with Crippen molar-refractivity contribution in [3.05, 3.63) is 302 Å². The van der Waals surface area contributed by atoms with Crippen molar-refractivity contribution in [2.45, 2.75) is 0 Å². The quantitative estimate of drug-likeness (QED) is 0.0584. The van der Waals surface area contributed by atoms with E-state index in [2.05, 4.69) is 118 Å². The number of hydrogen-bond donors (Lipinski definition) is 0. The molecule has 0 amide bonds. The Bertz CT molecular complexity index is 5140. The SMILES string of the molecule is Fc1c(F)c(F)c(N2c3cc(N(c4ccccc4)c4ccccc4)ccc3B3c4ccc5c6c4N4c7c(ccc8c7B(c7ccc(N(c9ccccc9)c9ccccc9)cc7O8)c7ccc2c3c74)B6c2ccc(N(c3ccccc3)c3ccccc3)cc2O5)c(F)c1F. The van der Waals surface area contributed by atoms with Gasteiger partial charge in [-0.25, -0.2) is 22.0 Å². The molecule has 0 fully saturated rings. The minimum Gasteiger partial charge on any atom is -0.458 e. The van der Waals surface area contributed by atoms with E-state index in [1.54, 1.807) is 12.1 Å². The molecule has 13 aromatic rings. The van der Waals surface area contributed by atoms with Crippen LogP contribution in [0, 0.1) is 29.1 Å². The summed E-state index contributed by atoms with van der Waals surface area (Å²) >= 11 is 0. The summed E-state index contributed by atoms with van der Waals surface area (Å²) in [4.78, 5) is 9.97. The highest BCUT2D eigenvalue weighted by Crippen LogP contribution is 2.52. The van der Waals surface area contributed by atoms with Crippen molar-refractivity contribution in [3.63, 3.8) is 0 Å². The molecule has 0 aliphatic carbocycles. The summed E-state index contributed by atoms with van der Waals surface area (Å²) in [5.41, 5.74) is 17.3. The van der Waals surface area contributed by atoms with Crippen LogP contribution in [0.3, 0.4) is 0 Å². The van der Waals surface area contributed by atoms with Gasteiger partial charge in [0.05, 0.1) is 0 Å². The molecule has 13 aromatic carbocycles. The van der Waals surface area contributed by atoms with Gasteiger partial charge in [-0.2, -0.15) is 0 Å². The Hall–Kier alpha value is -11.7. The van der Waals surface area contributed by atoms with Crippen molar-refractivity contribution < 1.29 is 31.4 Å². The molecule has 0 N–H and O–H groups in total. The summed E-state index contributed by atoms with van der Waals surface area (Å²) < 4.78 is 97.0. The van der Waals surface area contributed by atoms with Gasteiger partial charge in [-0.3, -0.25) is 0 Å². The number of nitrogens with zero attached hydrogens (tertiary/aromatic N) is 5. The second kappa shape index (κ2) is 20.2. The number of fused-ring (bicyclic) bond motifs is 9.